The van der Waals surface area contributed by atoms with Gasteiger partial charge in [-0.1, -0.05) is 24.2 Å². The highest BCUT2D eigenvalue weighted by Crippen LogP contribution is 2.43. The second kappa shape index (κ2) is 11.9. The molecule has 4 aromatic rings. The first-order valence-electron chi connectivity index (χ1n) is 13.1. The van der Waals surface area contributed by atoms with Gasteiger partial charge < -0.3 is 19.8 Å². The van der Waals surface area contributed by atoms with Crippen LogP contribution in [0, 0.1) is 11.6 Å². The smallest absolute Gasteiger partial charge is 0.319 e. The van der Waals surface area contributed by atoms with Crippen molar-refractivity contribution in [2.75, 3.05) is 24.6 Å². The summed E-state index contributed by atoms with van der Waals surface area (Å²) in [7, 11) is 0. The number of anilines is 1. The van der Waals surface area contributed by atoms with Crippen molar-refractivity contribution in [2.45, 2.75) is 38.6 Å². The highest BCUT2D eigenvalue weighted by atomic mass is 35.5. The van der Waals surface area contributed by atoms with Crippen molar-refractivity contribution in [2.24, 2.45) is 0 Å². The van der Waals surface area contributed by atoms with Gasteiger partial charge in [-0.15, -0.1) is 0 Å². The number of phenolic OH excluding ortho intramolecular Hbond substituents is 1. The van der Waals surface area contributed by atoms with Crippen LogP contribution in [0.4, 0.5) is 14.6 Å². The Labute approximate surface area is 240 Å². The lowest BCUT2D eigenvalue weighted by atomic mass is 10.00. The molecule has 1 aliphatic heterocycles. The number of hydrogen-bond donors (Lipinski definition) is 2. The van der Waals surface area contributed by atoms with E-state index in [4.69, 9.17) is 16.3 Å². The first-order chi connectivity index (χ1) is 19.7. The number of halogens is 3. The fraction of sp³-hybridized carbons (Fsp3) is 0.310. The molecule has 0 saturated carbocycles. The van der Waals surface area contributed by atoms with E-state index in [1.54, 1.807) is 18.6 Å². The van der Waals surface area contributed by atoms with Gasteiger partial charge in [0.2, 0.25) is 0 Å². The van der Waals surface area contributed by atoms with Crippen molar-refractivity contribution in [1.29, 1.82) is 0 Å². The monoisotopic (exact) mass is 582 g/mol. The molecule has 0 amide bonds. The van der Waals surface area contributed by atoms with Crippen LogP contribution in [-0.4, -0.2) is 73.1 Å². The Kier molecular flexibility index (Phi) is 8.30. The number of piperazine rings is 1. The summed E-state index contributed by atoms with van der Waals surface area (Å²) in [6.07, 6.45) is 5.82. The minimum Gasteiger partial charge on any atom is -0.507 e. The van der Waals surface area contributed by atoms with Crippen LogP contribution < -0.4 is 9.64 Å². The van der Waals surface area contributed by atoms with Gasteiger partial charge >= 0.3 is 6.01 Å². The van der Waals surface area contributed by atoms with Crippen LogP contribution in [0.2, 0.25) is 5.02 Å². The van der Waals surface area contributed by atoms with Crippen LogP contribution in [0.3, 0.4) is 0 Å². The molecule has 1 aliphatic rings. The first-order valence-corrected chi connectivity index (χ1v) is 13.5. The fourth-order valence-corrected chi connectivity index (χ4v) is 5.38. The largest absolute Gasteiger partial charge is 0.507 e. The number of rotatable bonds is 8. The number of aliphatic hydroxyl groups excluding tert-OH is 1. The van der Waals surface area contributed by atoms with Crippen LogP contribution in [0.1, 0.15) is 19.5 Å². The number of aliphatic hydroxyl groups is 1. The van der Waals surface area contributed by atoms with E-state index < -0.39 is 23.6 Å². The maximum absolute atomic E-state index is 16.3. The maximum atomic E-state index is 16.3. The van der Waals surface area contributed by atoms with Gasteiger partial charge in [0.25, 0.3) is 0 Å². The number of nitrogens with zero attached hydrogens (tertiary/aromatic N) is 6. The standard InChI is InChI=1S/C29H29ClF2N6O3/c1-4-23(40)37-14-17(3)38(15-16(37)2)28-19-12-20(30)24(25-21(31)6-5-7-22(25)39)26(32)27(19)35-29(36-28)41-11-8-18-13-33-9-10-34-18/h4-7,9-10,12-13,16-17,23,39-40H,1,8,11,14-15H2,2-3H3/t16-,17+,23?/m1/s1. The Bertz CT molecular complexity index is 1560. The topological polar surface area (TPSA) is 108 Å². The zero-order chi connectivity index (χ0) is 29.3. The average Bonchev–Trinajstić information content (AvgIpc) is 2.95. The molecule has 9 nitrogen and oxygen atoms in total. The molecule has 3 heterocycles. The van der Waals surface area contributed by atoms with Crippen LogP contribution in [0.25, 0.3) is 22.0 Å². The van der Waals surface area contributed by atoms with Gasteiger partial charge in [-0.25, -0.2) is 8.78 Å². The predicted octanol–water partition coefficient (Wildman–Crippen LogP) is 4.75. The molecule has 3 atom stereocenters. The average molecular weight is 583 g/mol. The Morgan fingerprint density at radius 1 is 1.17 bits per heavy atom. The van der Waals surface area contributed by atoms with Gasteiger partial charge in [-0.2, -0.15) is 9.97 Å². The molecule has 41 heavy (non-hydrogen) atoms. The highest BCUT2D eigenvalue weighted by molar-refractivity contribution is 6.34. The SMILES string of the molecule is C=CC(O)N1C[C@H](C)N(c2nc(OCCc3cnccn3)nc3c(F)c(-c4c(O)cccc4F)c(Cl)cc23)C[C@H]1C. The van der Waals surface area contributed by atoms with E-state index in [2.05, 4.69) is 26.5 Å². The number of benzene rings is 2. The number of aromatic nitrogens is 4. The first kappa shape index (κ1) is 28.6. The van der Waals surface area contributed by atoms with E-state index in [-0.39, 0.29) is 46.4 Å². The molecule has 0 spiro atoms. The summed E-state index contributed by atoms with van der Waals surface area (Å²) in [6.45, 7) is 8.66. The van der Waals surface area contributed by atoms with Crippen LogP contribution in [0.5, 0.6) is 11.8 Å². The molecule has 2 aromatic heterocycles. The molecule has 12 heteroatoms. The third kappa shape index (κ3) is 5.65. The third-order valence-corrected chi connectivity index (χ3v) is 7.44. The Morgan fingerprint density at radius 3 is 2.68 bits per heavy atom. The molecule has 2 aromatic carbocycles. The quantitative estimate of drug-likeness (QED) is 0.285. The van der Waals surface area contributed by atoms with E-state index >= 15 is 4.39 Å². The molecule has 0 radical (unpaired) electrons. The molecule has 1 fully saturated rings. The lowest BCUT2D eigenvalue weighted by Crippen LogP contribution is -2.59. The van der Waals surface area contributed by atoms with E-state index in [1.807, 2.05) is 23.6 Å². The lowest BCUT2D eigenvalue weighted by molar-refractivity contribution is 0.0000354. The Morgan fingerprint density at radius 2 is 1.98 bits per heavy atom. The van der Waals surface area contributed by atoms with Gasteiger partial charge in [0.1, 0.15) is 29.1 Å². The van der Waals surface area contributed by atoms with E-state index in [1.165, 1.54) is 24.3 Å². The number of hydrogen-bond acceptors (Lipinski definition) is 9. The molecule has 1 saturated heterocycles. The zero-order valence-electron chi connectivity index (χ0n) is 22.5. The predicted molar refractivity (Wildman–Crippen MR) is 152 cm³/mol. The fourth-order valence-electron chi connectivity index (χ4n) is 5.09. The highest BCUT2D eigenvalue weighted by Gasteiger charge is 2.34. The summed E-state index contributed by atoms with van der Waals surface area (Å²) in [5.74, 6) is -1.84. The molecule has 2 N–H and O–H groups in total. The van der Waals surface area contributed by atoms with E-state index in [0.717, 1.165) is 6.07 Å². The summed E-state index contributed by atoms with van der Waals surface area (Å²) < 4.78 is 36.9. The zero-order valence-corrected chi connectivity index (χ0v) is 23.3. The number of aromatic hydroxyl groups is 1. The van der Waals surface area contributed by atoms with Crippen molar-refractivity contribution in [1.82, 2.24) is 24.8 Å². The van der Waals surface area contributed by atoms with Crippen molar-refractivity contribution in [3.63, 3.8) is 0 Å². The summed E-state index contributed by atoms with van der Waals surface area (Å²) >= 11 is 6.55. The summed E-state index contributed by atoms with van der Waals surface area (Å²) in [6, 6.07) is 4.79. The molecular weight excluding hydrogens is 554 g/mol. The van der Waals surface area contributed by atoms with Crippen LogP contribution in [-0.2, 0) is 6.42 Å². The van der Waals surface area contributed by atoms with E-state index in [9.17, 15) is 14.6 Å². The lowest BCUT2D eigenvalue weighted by Gasteiger charge is -2.46. The molecular formula is C29H29ClF2N6O3. The van der Waals surface area contributed by atoms with Crippen molar-refractivity contribution in [3.8, 4) is 22.9 Å². The van der Waals surface area contributed by atoms with Crippen molar-refractivity contribution < 1.29 is 23.7 Å². The molecule has 1 unspecified atom stereocenters. The molecule has 0 bridgehead atoms. The Hall–Kier alpha value is -3.93. The minimum absolute atomic E-state index is 0.0882. The van der Waals surface area contributed by atoms with Crippen LogP contribution in [0.15, 0.2) is 55.5 Å². The van der Waals surface area contributed by atoms with Crippen molar-refractivity contribution >= 4 is 28.3 Å². The summed E-state index contributed by atoms with van der Waals surface area (Å²) in [5, 5.41) is 21.0. The van der Waals surface area contributed by atoms with Gasteiger partial charge in [0, 0.05) is 61.1 Å². The Balaban J connectivity index is 1.62. The molecule has 0 aliphatic carbocycles. The van der Waals surface area contributed by atoms with Gasteiger partial charge in [0.05, 0.1) is 22.9 Å². The summed E-state index contributed by atoms with van der Waals surface area (Å²) in [5.41, 5.74) is -0.121. The second-order valence-electron chi connectivity index (χ2n) is 9.90. The third-order valence-electron chi connectivity index (χ3n) is 7.15. The van der Waals surface area contributed by atoms with Crippen LogP contribution >= 0.6 is 11.6 Å². The summed E-state index contributed by atoms with van der Waals surface area (Å²) in [4.78, 5) is 21.2. The van der Waals surface area contributed by atoms with Gasteiger partial charge in [-0.3, -0.25) is 14.9 Å². The number of fused-ring (bicyclic) bond motifs is 1. The second-order valence-corrected chi connectivity index (χ2v) is 10.3. The van der Waals surface area contributed by atoms with E-state index in [0.29, 0.717) is 36.4 Å². The van der Waals surface area contributed by atoms with Gasteiger partial charge in [-0.05, 0) is 38.1 Å². The van der Waals surface area contributed by atoms with Gasteiger partial charge in [0.15, 0.2) is 5.82 Å². The maximum Gasteiger partial charge on any atom is 0.319 e. The minimum atomic E-state index is -0.920. The molecule has 214 valence electrons. The molecule has 5 rings (SSSR count). The normalized spacial score (nSPS) is 18.4. The van der Waals surface area contributed by atoms with Crippen molar-refractivity contribution in [3.05, 3.63) is 77.9 Å². The number of ether oxygens (including phenoxy) is 1. The number of phenols is 1.